The highest BCUT2D eigenvalue weighted by Gasteiger charge is 2.17. The average molecular weight is 226 g/mol. The first-order chi connectivity index (χ1) is 7.51. The van der Waals surface area contributed by atoms with Crippen LogP contribution in [-0.2, 0) is 0 Å². The van der Waals surface area contributed by atoms with Crippen molar-refractivity contribution in [2.75, 3.05) is 0 Å². The van der Waals surface area contributed by atoms with E-state index in [-0.39, 0.29) is 0 Å². The Morgan fingerprint density at radius 2 is 0.938 bits per heavy atom. The van der Waals surface area contributed by atoms with Gasteiger partial charge in [0, 0.05) is 0 Å². The molecule has 0 saturated carbocycles. The van der Waals surface area contributed by atoms with Gasteiger partial charge in [-0.05, 0) is 36.5 Å². The third-order valence-electron chi connectivity index (χ3n) is 4.08. The molecule has 16 heavy (non-hydrogen) atoms. The highest BCUT2D eigenvalue weighted by Crippen LogP contribution is 2.28. The van der Waals surface area contributed by atoms with Gasteiger partial charge in [0.2, 0.25) is 0 Å². The minimum Gasteiger partial charge on any atom is -0.0654 e. The van der Waals surface area contributed by atoms with Crippen molar-refractivity contribution in [2.24, 2.45) is 23.7 Å². The second-order valence-electron chi connectivity index (χ2n) is 6.21. The van der Waals surface area contributed by atoms with E-state index in [9.17, 15) is 0 Å². The van der Waals surface area contributed by atoms with Gasteiger partial charge in [0.25, 0.3) is 0 Å². The minimum absolute atomic E-state index is 0.904. The Hall–Kier alpha value is 0. The van der Waals surface area contributed by atoms with E-state index in [4.69, 9.17) is 0 Å². The molecule has 0 nitrogen and oxygen atoms in total. The van der Waals surface area contributed by atoms with Gasteiger partial charge in [-0.25, -0.2) is 0 Å². The van der Waals surface area contributed by atoms with Gasteiger partial charge in [-0.1, -0.05) is 67.2 Å². The number of rotatable bonds is 9. The molecular formula is C16H34. The van der Waals surface area contributed by atoms with Gasteiger partial charge >= 0.3 is 0 Å². The Kier molecular flexibility index (Phi) is 9.07. The maximum absolute atomic E-state index is 2.45. The summed E-state index contributed by atoms with van der Waals surface area (Å²) in [6.07, 6.45) is 8.34. The third-order valence-corrected chi connectivity index (χ3v) is 4.08. The number of hydrogen-bond acceptors (Lipinski definition) is 0. The molecule has 0 aliphatic rings. The second kappa shape index (κ2) is 9.07. The molecule has 0 radical (unpaired) electrons. The first-order valence-electron chi connectivity index (χ1n) is 7.51. The van der Waals surface area contributed by atoms with E-state index in [1.807, 2.05) is 0 Å². The Morgan fingerprint density at radius 3 is 1.19 bits per heavy atom. The molecule has 0 fully saturated rings. The largest absolute Gasteiger partial charge is 0.0654 e. The van der Waals surface area contributed by atoms with E-state index in [1.165, 1.54) is 38.5 Å². The highest BCUT2D eigenvalue weighted by molar-refractivity contribution is 4.68. The number of hydrogen-bond donors (Lipinski definition) is 0. The molecule has 4 atom stereocenters. The minimum atomic E-state index is 0.904. The summed E-state index contributed by atoms with van der Waals surface area (Å²) >= 11 is 0. The summed E-state index contributed by atoms with van der Waals surface area (Å²) in [6, 6.07) is 0. The van der Waals surface area contributed by atoms with E-state index < -0.39 is 0 Å². The van der Waals surface area contributed by atoms with Gasteiger partial charge in [0.05, 0.1) is 0 Å². The zero-order valence-electron chi connectivity index (χ0n) is 12.6. The second-order valence-corrected chi connectivity index (χ2v) is 6.21. The lowest BCUT2D eigenvalue weighted by Crippen LogP contribution is -2.14. The molecule has 0 amide bonds. The molecule has 98 valence electrons. The highest BCUT2D eigenvalue weighted by atomic mass is 14.2. The first kappa shape index (κ1) is 16.0. The van der Waals surface area contributed by atoms with Crippen LogP contribution >= 0.6 is 0 Å². The molecule has 0 spiro atoms. The maximum Gasteiger partial charge on any atom is -0.0414 e. The smallest absolute Gasteiger partial charge is 0.0414 e. The average Bonchev–Trinajstić information content (AvgIpc) is 2.17. The Labute approximate surface area is 104 Å². The lowest BCUT2D eigenvalue weighted by atomic mass is 9.81. The predicted molar refractivity (Wildman–Crippen MR) is 75.7 cm³/mol. The molecule has 0 N–H and O–H groups in total. The Balaban J connectivity index is 3.83. The molecule has 0 heterocycles. The van der Waals surface area contributed by atoms with Gasteiger partial charge < -0.3 is 0 Å². The van der Waals surface area contributed by atoms with Crippen molar-refractivity contribution in [3.05, 3.63) is 0 Å². The van der Waals surface area contributed by atoms with E-state index in [0.29, 0.717) is 0 Å². The Morgan fingerprint density at radius 1 is 0.625 bits per heavy atom. The third kappa shape index (κ3) is 7.30. The van der Waals surface area contributed by atoms with Gasteiger partial charge in [-0.2, -0.15) is 0 Å². The van der Waals surface area contributed by atoms with Crippen molar-refractivity contribution in [1.29, 1.82) is 0 Å². The summed E-state index contributed by atoms with van der Waals surface area (Å²) in [4.78, 5) is 0. The summed E-state index contributed by atoms with van der Waals surface area (Å²) < 4.78 is 0. The van der Waals surface area contributed by atoms with Gasteiger partial charge in [-0.15, -0.1) is 0 Å². The van der Waals surface area contributed by atoms with Crippen LogP contribution in [0.3, 0.4) is 0 Å². The zero-order chi connectivity index (χ0) is 12.6. The van der Waals surface area contributed by atoms with Gasteiger partial charge in [0.15, 0.2) is 0 Å². The first-order valence-corrected chi connectivity index (χ1v) is 7.51. The molecule has 0 unspecified atom stereocenters. The molecule has 0 aromatic carbocycles. The van der Waals surface area contributed by atoms with Crippen LogP contribution in [0.4, 0.5) is 0 Å². The fourth-order valence-corrected chi connectivity index (χ4v) is 2.96. The van der Waals surface area contributed by atoms with Crippen molar-refractivity contribution < 1.29 is 0 Å². The van der Waals surface area contributed by atoms with E-state index in [1.54, 1.807) is 0 Å². The van der Waals surface area contributed by atoms with Crippen molar-refractivity contribution >= 4 is 0 Å². The monoisotopic (exact) mass is 226 g/mol. The molecule has 0 aromatic rings. The molecular weight excluding hydrogens is 192 g/mol. The van der Waals surface area contributed by atoms with Crippen LogP contribution in [0.2, 0.25) is 0 Å². The summed E-state index contributed by atoms with van der Waals surface area (Å²) in [5.41, 5.74) is 0. The fraction of sp³-hybridized carbons (Fsp3) is 1.00. The van der Waals surface area contributed by atoms with Crippen molar-refractivity contribution in [1.82, 2.24) is 0 Å². The van der Waals surface area contributed by atoms with Crippen molar-refractivity contribution in [2.45, 2.75) is 80.1 Å². The van der Waals surface area contributed by atoms with Crippen LogP contribution in [0.15, 0.2) is 0 Å². The normalized spacial score (nSPS) is 19.1. The lowest BCUT2D eigenvalue weighted by Gasteiger charge is -2.25. The van der Waals surface area contributed by atoms with E-state index in [0.717, 1.165) is 23.7 Å². The molecule has 0 heteroatoms. The summed E-state index contributed by atoms with van der Waals surface area (Å²) in [6.45, 7) is 14.3. The van der Waals surface area contributed by atoms with Gasteiger partial charge in [-0.3, -0.25) is 0 Å². The zero-order valence-corrected chi connectivity index (χ0v) is 12.6. The molecule has 0 rings (SSSR count). The van der Waals surface area contributed by atoms with E-state index in [2.05, 4.69) is 41.5 Å². The SMILES string of the molecule is CCC[C@@H](C)C[C@@H](C)[C@@H](C)C[C@H](C)CCC. The topological polar surface area (TPSA) is 0 Å². The maximum atomic E-state index is 2.45. The fourth-order valence-electron chi connectivity index (χ4n) is 2.96. The van der Waals surface area contributed by atoms with E-state index >= 15 is 0 Å². The van der Waals surface area contributed by atoms with Gasteiger partial charge in [0.1, 0.15) is 0 Å². The summed E-state index contributed by atoms with van der Waals surface area (Å²) in [7, 11) is 0. The van der Waals surface area contributed by atoms with Crippen LogP contribution in [0.1, 0.15) is 80.1 Å². The lowest BCUT2D eigenvalue weighted by molar-refractivity contribution is 0.258. The quantitative estimate of drug-likeness (QED) is 0.458. The van der Waals surface area contributed by atoms with Crippen molar-refractivity contribution in [3.63, 3.8) is 0 Å². The molecule has 0 aliphatic heterocycles. The van der Waals surface area contributed by atoms with Crippen LogP contribution in [0.5, 0.6) is 0 Å². The predicted octanol–water partition coefficient (Wildman–Crippen LogP) is 5.91. The molecule has 0 bridgehead atoms. The van der Waals surface area contributed by atoms with Crippen LogP contribution in [-0.4, -0.2) is 0 Å². The molecule has 0 aromatic heterocycles. The summed E-state index contributed by atoms with van der Waals surface area (Å²) in [5.74, 6) is 3.65. The molecule has 0 aliphatic carbocycles. The van der Waals surface area contributed by atoms with Crippen LogP contribution in [0.25, 0.3) is 0 Å². The Bertz CT molecular complexity index is 132. The molecule has 0 saturated heterocycles. The standard InChI is InChI=1S/C16H34/c1-7-9-13(3)11-15(5)16(6)12-14(4)10-8-2/h13-16H,7-12H2,1-6H3/t13-,14-,15-,16+/m1/s1. The summed E-state index contributed by atoms with van der Waals surface area (Å²) in [5, 5.41) is 0. The van der Waals surface area contributed by atoms with Crippen LogP contribution < -0.4 is 0 Å². The van der Waals surface area contributed by atoms with Crippen LogP contribution in [0, 0.1) is 23.7 Å². The van der Waals surface area contributed by atoms with Crippen molar-refractivity contribution in [3.8, 4) is 0 Å².